The van der Waals surface area contributed by atoms with Crippen molar-refractivity contribution >= 4 is 17.2 Å². The molecular weight excluding hydrogens is 298 g/mol. The largest absolute Gasteiger partial charge is 0.477 e. The first kappa shape index (κ1) is 15.0. The van der Waals surface area contributed by atoms with Crippen molar-refractivity contribution in [1.82, 2.24) is 14.9 Å². The van der Waals surface area contributed by atoms with E-state index in [0.29, 0.717) is 30.5 Å². The van der Waals surface area contributed by atoms with E-state index in [9.17, 15) is 4.79 Å². The smallest absolute Gasteiger partial charge is 0.259 e. The van der Waals surface area contributed by atoms with Gasteiger partial charge >= 0.3 is 0 Å². The first-order valence-corrected chi connectivity index (χ1v) is 8.44. The molecule has 1 amide bonds. The van der Waals surface area contributed by atoms with Crippen LogP contribution in [0.15, 0.2) is 29.9 Å². The highest BCUT2D eigenvalue weighted by Crippen LogP contribution is 2.29. The fourth-order valence-corrected chi connectivity index (χ4v) is 3.54. The summed E-state index contributed by atoms with van der Waals surface area (Å²) in [5.41, 5.74) is 0.545. The van der Waals surface area contributed by atoms with Crippen LogP contribution in [0.5, 0.6) is 5.88 Å². The molecule has 0 aromatic carbocycles. The summed E-state index contributed by atoms with van der Waals surface area (Å²) < 4.78 is 5.48. The Morgan fingerprint density at radius 2 is 2.36 bits per heavy atom. The van der Waals surface area contributed by atoms with Gasteiger partial charge in [0.05, 0.1) is 11.6 Å². The summed E-state index contributed by atoms with van der Waals surface area (Å²) in [6.45, 7) is 3.88. The van der Waals surface area contributed by atoms with Crippen molar-refractivity contribution in [1.29, 1.82) is 0 Å². The molecule has 0 aliphatic carbocycles. The SMILES string of the molecule is CCOc1ncccc1C(=O)N1CCCC(c2nccs2)C1. The lowest BCUT2D eigenvalue weighted by Crippen LogP contribution is -2.39. The molecule has 5 nitrogen and oxygen atoms in total. The molecule has 1 aliphatic rings. The minimum atomic E-state index is -0.00203. The predicted octanol–water partition coefficient (Wildman–Crippen LogP) is 2.96. The Kier molecular flexibility index (Phi) is 4.68. The lowest BCUT2D eigenvalue weighted by Gasteiger charge is -2.32. The zero-order valence-corrected chi connectivity index (χ0v) is 13.4. The number of hydrogen-bond acceptors (Lipinski definition) is 5. The van der Waals surface area contributed by atoms with Crippen LogP contribution < -0.4 is 4.74 Å². The monoisotopic (exact) mass is 317 g/mol. The van der Waals surface area contributed by atoms with E-state index in [4.69, 9.17) is 4.74 Å². The highest BCUT2D eigenvalue weighted by Gasteiger charge is 2.28. The Balaban J connectivity index is 1.77. The van der Waals surface area contributed by atoms with Gasteiger partial charge in [-0.25, -0.2) is 9.97 Å². The van der Waals surface area contributed by atoms with Gasteiger partial charge in [-0.2, -0.15) is 0 Å². The van der Waals surface area contributed by atoms with Crippen LogP contribution in [0, 0.1) is 0 Å². The normalized spacial score (nSPS) is 18.2. The molecule has 1 atom stereocenters. The van der Waals surface area contributed by atoms with Gasteiger partial charge in [-0.15, -0.1) is 11.3 Å². The molecule has 0 radical (unpaired) electrons. The van der Waals surface area contributed by atoms with Gasteiger partial charge in [-0.3, -0.25) is 4.79 Å². The number of ether oxygens (including phenoxy) is 1. The van der Waals surface area contributed by atoms with Crippen LogP contribution in [-0.4, -0.2) is 40.5 Å². The Bertz CT molecular complexity index is 630. The van der Waals surface area contributed by atoms with Gasteiger partial charge in [-0.1, -0.05) is 0 Å². The van der Waals surface area contributed by atoms with Crippen molar-refractivity contribution < 1.29 is 9.53 Å². The lowest BCUT2D eigenvalue weighted by atomic mass is 9.98. The lowest BCUT2D eigenvalue weighted by molar-refractivity contribution is 0.0702. The van der Waals surface area contributed by atoms with Crippen LogP contribution in [-0.2, 0) is 0 Å². The van der Waals surface area contributed by atoms with Crippen LogP contribution in [0.4, 0.5) is 0 Å². The van der Waals surface area contributed by atoms with Gasteiger partial charge in [0.1, 0.15) is 5.56 Å². The summed E-state index contributed by atoms with van der Waals surface area (Å²) >= 11 is 1.66. The van der Waals surface area contributed by atoms with E-state index in [0.717, 1.165) is 24.4 Å². The third kappa shape index (κ3) is 3.11. The standard InChI is InChI=1S/C16H19N3O2S/c1-2-21-14-13(6-3-7-17-14)16(20)19-9-4-5-12(11-19)15-18-8-10-22-15/h3,6-8,10,12H,2,4-5,9,11H2,1H3. The molecule has 2 aromatic rings. The fourth-order valence-electron chi connectivity index (χ4n) is 2.77. The third-order valence-electron chi connectivity index (χ3n) is 3.79. The van der Waals surface area contributed by atoms with Crippen LogP contribution in [0.1, 0.15) is 41.0 Å². The Hall–Kier alpha value is -1.95. The summed E-state index contributed by atoms with van der Waals surface area (Å²) in [6.07, 6.45) is 5.56. The van der Waals surface area contributed by atoms with E-state index in [-0.39, 0.29) is 5.91 Å². The van der Waals surface area contributed by atoms with Crippen molar-refractivity contribution in [2.45, 2.75) is 25.7 Å². The molecular formula is C16H19N3O2S. The number of aromatic nitrogens is 2. The molecule has 0 bridgehead atoms. The van der Waals surface area contributed by atoms with Gasteiger partial charge in [0.15, 0.2) is 0 Å². The average molecular weight is 317 g/mol. The highest BCUT2D eigenvalue weighted by atomic mass is 32.1. The maximum atomic E-state index is 12.8. The Morgan fingerprint density at radius 1 is 1.45 bits per heavy atom. The zero-order chi connectivity index (χ0) is 15.4. The molecule has 3 rings (SSSR count). The predicted molar refractivity (Wildman–Crippen MR) is 85.4 cm³/mol. The third-order valence-corrected chi connectivity index (χ3v) is 4.73. The molecule has 1 aliphatic heterocycles. The number of carbonyl (C=O) groups excluding carboxylic acids is 1. The van der Waals surface area contributed by atoms with Crippen LogP contribution >= 0.6 is 11.3 Å². The quantitative estimate of drug-likeness (QED) is 0.870. The molecule has 0 saturated carbocycles. The Morgan fingerprint density at radius 3 is 3.14 bits per heavy atom. The minimum absolute atomic E-state index is 0.00203. The molecule has 1 unspecified atom stereocenters. The van der Waals surface area contributed by atoms with E-state index in [2.05, 4.69) is 9.97 Å². The number of carbonyl (C=O) groups is 1. The second-order valence-electron chi connectivity index (χ2n) is 5.25. The molecule has 0 spiro atoms. The maximum absolute atomic E-state index is 12.8. The number of piperidine rings is 1. The summed E-state index contributed by atoms with van der Waals surface area (Å²) in [7, 11) is 0. The number of likely N-dealkylation sites (tertiary alicyclic amines) is 1. The first-order chi connectivity index (χ1) is 10.8. The number of pyridine rings is 1. The molecule has 1 fully saturated rings. The zero-order valence-electron chi connectivity index (χ0n) is 12.6. The van der Waals surface area contributed by atoms with Gasteiger partial charge in [0.2, 0.25) is 5.88 Å². The number of thiazole rings is 1. The summed E-state index contributed by atoms with van der Waals surface area (Å²) in [6, 6.07) is 3.56. The van der Waals surface area contributed by atoms with Gasteiger partial charge in [0, 0.05) is 36.8 Å². The minimum Gasteiger partial charge on any atom is -0.477 e. The summed E-state index contributed by atoms with van der Waals surface area (Å²) in [5.74, 6) is 0.758. The van der Waals surface area contributed by atoms with Gasteiger partial charge < -0.3 is 9.64 Å². The van der Waals surface area contributed by atoms with Gasteiger partial charge in [-0.05, 0) is 31.9 Å². The number of amides is 1. The second-order valence-corrected chi connectivity index (χ2v) is 6.18. The molecule has 3 heterocycles. The number of hydrogen-bond donors (Lipinski definition) is 0. The van der Waals surface area contributed by atoms with Crippen LogP contribution in [0.2, 0.25) is 0 Å². The topological polar surface area (TPSA) is 55.3 Å². The summed E-state index contributed by atoms with van der Waals surface area (Å²) in [5, 5.41) is 3.11. The van der Waals surface area contributed by atoms with Crippen molar-refractivity contribution in [2.24, 2.45) is 0 Å². The molecule has 1 saturated heterocycles. The van der Waals surface area contributed by atoms with E-state index < -0.39 is 0 Å². The fraction of sp³-hybridized carbons (Fsp3) is 0.438. The van der Waals surface area contributed by atoms with Crippen molar-refractivity contribution in [2.75, 3.05) is 19.7 Å². The molecule has 6 heteroatoms. The number of rotatable bonds is 4. The maximum Gasteiger partial charge on any atom is 0.259 e. The molecule has 2 aromatic heterocycles. The van der Waals surface area contributed by atoms with Crippen LogP contribution in [0.25, 0.3) is 0 Å². The van der Waals surface area contributed by atoms with E-state index >= 15 is 0 Å². The first-order valence-electron chi connectivity index (χ1n) is 7.56. The molecule has 116 valence electrons. The number of nitrogens with zero attached hydrogens (tertiary/aromatic N) is 3. The van der Waals surface area contributed by atoms with Crippen molar-refractivity contribution in [3.63, 3.8) is 0 Å². The summed E-state index contributed by atoms with van der Waals surface area (Å²) in [4.78, 5) is 23.3. The highest BCUT2D eigenvalue weighted by molar-refractivity contribution is 7.09. The second kappa shape index (κ2) is 6.87. The van der Waals surface area contributed by atoms with E-state index in [1.54, 1.807) is 29.7 Å². The van der Waals surface area contributed by atoms with Crippen LogP contribution in [0.3, 0.4) is 0 Å². The van der Waals surface area contributed by atoms with Crippen molar-refractivity contribution in [3.05, 3.63) is 40.5 Å². The van der Waals surface area contributed by atoms with E-state index in [1.165, 1.54) is 0 Å². The average Bonchev–Trinajstić information content (AvgIpc) is 3.10. The Labute approximate surface area is 134 Å². The molecule has 0 N–H and O–H groups in total. The van der Waals surface area contributed by atoms with Gasteiger partial charge in [0.25, 0.3) is 5.91 Å². The van der Waals surface area contributed by atoms with Crippen molar-refractivity contribution in [3.8, 4) is 5.88 Å². The van der Waals surface area contributed by atoms with E-state index in [1.807, 2.05) is 23.4 Å². The molecule has 22 heavy (non-hydrogen) atoms.